The van der Waals surface area contributed by atoms with Crippen LogP contribution in [-0.4, -0.2) is 47.6 Å². The number of hydrogen-bond donors (Lipinski definition) is 0. The van der Waals surface area contributed by atoms with Crippen molar-refractivity contribution >= 4 is 13.8 Å². The first kappa shape index (κ1) is 18.9. The lowest BCUT2D eigenvalue weighted by Gasteiger charge is -2.27. The third-order valence-electron chi connectivity index (χ3n) is 4.22. The van der Waals surface area contributed by atoms with Crippen molar-refractivity contribution in [1.82, 2.24) is 15.0 Å². The van der Waals surface area contributed by atoms with E-state index in [1.54, 1.807) is 26.4 Å². The fraction of sp³-hybridized carbons (Fsp3) is 0.812. The van der Waals surface area contributed by atoms with Gasteiger partial charge < -0.3 is 9.47 Å². The Labute approximate surface area is 143 Å². The number of aromatic nitrogens is 3. The zero-order valence-corrected chi connectivity index (χ0v) is 15.2. The van der Waals surface area contributed by atoms with Crippen molar-refractivity contribution in [3.05, 3.63) is 11.4 Å². The smallest absolute Gasteiger partial charge is 0.332 e. The monoisotopic (exact) mass is 339 g/mol. The number of rotatable bonds is 5. The number of esters is 1. The molecule has 1 aromatic rings. The van der Waals surface area contributed by atoms with Gasteiger partial charge in [-0.05, 0) is 53.4 Å². The molecule has 6 nitrogen and oxygen atoms in total. The van der Waals surface area contributed by atoms with E-state index in [2.05, 4.69) is 10.3 Å². The number of nitrogens with zero attached hydrogens (tertiary/aromatic N) is 3. The van der Waals surface area contributed by atoms with Gasteiger partial charge in [0, 0.05) is 6.04 Å². The molecule has 0 saturated carbocycles. The maximum Gasteiger partial charge on any atom is 0.332 e. The first-order chi connectivity index (χ1) is 11.2. The van der Waals surface area contributed by atoms with Gasteiger partial charge in [0.25, 0.3) is 0 Å². The highest BCUT2D eigenvalue weighted by molar-refractivity contribution is 6.14. The Morgan fingerprint density at radius 3 is 2.75 bits per heavy atom. The molecule has 0 aromatic carbocycles. The van der Waals surface area contributed by atoms with Crippen LogP contribution in [0.2, 0.25) is 0 Å². The summed E-state index contributed by atoms with van der Waals surface area (Å²) in [5, 5.41) is 8.21. The molecule has 0 fully saturated rings. The average Bonchev–Trinajstić information content (AvgIpc) is 2.88. The highest BCUT2D eigenvalue weighted by Gasteiger charge is 2.36. The van der Waals surface area contributed by atoms with Crippen molar-refractivity contribution in [3.63, 3.8) is 0 Å². The minimum absolute atomic E-state index is 0.0968. The van der Waals surface area contributed by atoms with Gasteiger partial charge in [-0.3, -0.25) is 0 Å². The molecule has 1 aromatic heterocycles. The summed E-state index contributed by atoms with van der Waals surface area (Å²) in [7, 11) is 1.54. The Hall–Kier alpha value is -1.44. The van der Waals surface area contributed by atoms with E-state index in [4.69, 9.17) is 9.47 Å². The second-order valence-electron chi connectivity index (χ2n) is 7.17. The van der Waals surface area contributed by atoms with Gasteiger partial charge in [-0.2, -0.15) is 0 Å². The molecule has 0 spiro atoms. The molecule has 0 saturated heterocycles. The summed E-state index contributed by atoms with van der Waals surface area (Å²) in [5.74, 6) is -0.385. The van der Waals surface area contributed by atoms with E-state index < -0.39 is 5.57 Å². The van der Waals surface area contributed by atoms with Crippen LogP contribution in [0.1, 0.15) is 64.4 Å². The van der Waals surface area contributed by atoms with Crippen LogP contribution in [0.3, 0.4) is 0 Å². The van der Waals surface area contributed by atoms with E-state index >= 15 is 4.39 Å². The van der Waals surface area contributed by atoms with Gasteiger partial charge in [-0.1, -0.05) is 5.21 Å². The number of carbonyl (C=O) groups is 1. The van der Waals surface area contributed by atoms with Crippen molar-refractivity contribution in [2.45, 2.75) is 77.2 Å². The second-order valence-corrected chi connectivity index (χ2v) is 7.17. The van der Waals surface area contributed by atoms with Crippen LogP contribution in [-0.2, 0) is 26.3 Å². The van der Waals surface area contributed by atoms with Crippen molar-refractivity contribution in [3.8, 4) is 0 Å². The first-order valence-corrected chi connectivity index (χ1v) is 8.65. The van der Waals surface area contributed by atoms with Crippen LogP contribution in [0.15, 0.2) is 0 Å². The molecule has 0 amide bonds. The molecule has 2 rings (SSSR count). The summed E-state index contributed by atoms with van der Waals surface area (Å²) >= 11 is 0. The lowest BCUT2D eigenvalue weighted by molar-refractivity contribution is -0.155. The number of carbonyl (C=O) groups excluding carboxylic acids is 1. The Morgan fingerprint density at radius 2 is 2.12 bits per heavy atom. The molecule has 0 N–H and O–H groups in total. The van der Waals surface area contributed by atoms with Gasteiger partial charge in [0.2, 0.25) is 0 Å². The van der Waals surface area contributed by atoms with E-state index in [0.717, 1.165) is 5.69 Å². The highest BCUT2D eigenvalue weighted by atomic mass is 19.1. The Bertz CT molecular complexity index is 575. The zero-order valence-electron chi connectivity index (χ0n) is 15.2. The third kappa shape index (κ3) is 4.56. The molecule has 0 bridgehead atoms. The van der Waals surface area contributed by atoms with Crippen LogP contribution in [0.5, 0.6) is 0 Å². The van der Waals surface area contributed by atoms with Gasteiger partial charge in [-0.25, -0.2) is 13.9 Å². The van der Waals surface area contributed by atoms with Crippen LogP contribution in [0, 0.1) is 0 Å². The largest absolute Gasteiger partial charge is 0.461 e. The minimum Gasteiger partial charge on any atom is -0.461 e. The fourth-order valence-electron chi connectivity index (χ4n) is 3.01. The lowest BCUT2D eigenvalue weighted by atomic mass is 9.74. The minimum atomic E-state index is -1.54. The van der Waals surface area contributed by atoms with Crippen molar-refractivity contribution in [1.29, 1.82) is 0 Å². The molecule has 8 heteroatoms. The fourth-order valence-corrected chi connectivity index (χ4v) is 3.01. The number of hydrogen-bond acceptors (Lipinski definition) is 5. The Balaban J connectivity index is 2.06. The first-order valence-electron chi connectivity index (χ1n) is 8.65. The molecule has 1 heterocycles. The van der Waals surface area contributed by atoms with Crippen molar-refractivity contribution < 1.29 is 18.7 Å². The quantitative estimate of drug-likeness (QED) is 0.603. The van der Waals surface area contributed by atoms with E-state index in [1.165, 1.54) is 0 Å². The Morgan fingerprint density at radius 1 is 1.42 bits per heavy atom. The van der Waals surface area contributed by atoms with E-state index in [9.17, 15) is 4.79 Å². The molecule has 1 aliphatic rings. The van der Waals surface area contributed by atoms with E-state index in [1.807, 2.05) is 13.8 Å². The van der Waals surface area contributed by atoms with E-state index in [0.29, 0.717) is 31.4 Å². The summed E-state index contributed by atoms with van der Waals surface area (Å²) < 4.78 is 27.6. The number of alkyl halides is 1. The maximum atomic E-state index is 15.1. The molecule has 0 radical (unpaired) electrons. The van der Waals surface area contributed by atoms with Gasteiger partial charge in [0.1, 0.15) is 17.9 Å². The lowest BCUT2D eigenvalue weighted by Crippen LogP contribution is -2.30. The molecule has 1 aliphatic carbocycles. The van der Waals surface area contributed by atoms with Gasteiger partial charge >= 0.3 is 5.97 Å². The topological polar surface area (TPSA) is 66.2 Å². The summed E-state index contributed by atoms with van der Waals surface area (Å²) in [6, 6.07) is 0.122. The molecule has 134 valence electrons. The summed E-state index contributed by atoms with van der Waals surface area (Å²) in [6.45, 7) is 7.49. The van der Waals surface area contributed by atoms with Crippen molar-refractivity contribution in [2.75, 3.05) is 6.61 Å². The van der Waals surface area contributed by atoms with Crippen LogP contribution >= 0.6 is 0 Å². The molecular formula is C16H27BFN3O3. The third-order valence-corrected chi connectivity index (χ3v) is 4.22. The summed E-state index contributed by atoms with van der Waals surface area (Å²) in [6.07, 6.45) is 1.82. The van der Waals surface area contributed by atoms with Crippen molar-refractivity contribution in [2.24, 2.45) is 0 Å². The zero-order chi connectivity index (χ0) is 17.9. The average molecular weight is 339 g/mol. The molecule has 2 atom stereocenters. The summed E-state index contributed by atoms with van der Waals surface area (Å²) in [4.78, 5) is 11.6. The van der Waals surface area contributed by atoms with Crippen LogP contribution in [0.25, 0.3) is 0 Å². The van der Waals surface area contributed by atoms with Crippen LogP contribution in [0.4, 0.5) is 4.39 Å². The highest BCUT2D eigenvalue weighted by Crippen LogP contribution is 2.34. The number of halogens is 1. The standard InChI is InChI=1S/C16H27BFN3O3/c1-10(2)21-13-6-5-12(23-9-14(22)24-11(3)4)7-8-16(17,18)15(13)19-20-21/h10-12H,5-9,17H2,1-4H3. The summed E-state index contributed by atoms with van der Waals surface area (Å²) in [5.41, 5.74) is -0.273. The van der Waals surface area contributed by atoms with Gasteiger partial charge in [0.15, 0.2) is 7.85 Å². The molecular weight excluding hydrogens is 312 g/mol. The number of fused-ring (bicyclic) bond motifs is 1. The van der Waals surface area contributed by atoms with Gasteiger partial charge in [-0.15, -0.1) is 5.10 Å². The SMILES string of the molecule is BC1(F)CCC(OCC(=O)OC(C)C)CCc2c1nnn2C(C)C. The maximum absolute atomic E-state index is 15.1. The number of ether oxygens (including phenoxy) is 2. The molecule has 2 unspecified atom stereocenters. The predicted molar refractivity (Wildman–Crippen MR) is 90.3 cm³/mol. The van der Waals surface area contributed by atoms with Gasteiger partial charge in [0.05, 0.1) is 17.9 Å². The predicted octanol–water partition coefficient (Wildman–Crippen LogP) is 1.68. The Kier molecular flexibility index (Phi) is 6.01. The molecule has 24 heavy (non-hydrogen) atoms. The second kappa shape index (κ2) is 7.63. The normalized spacial score (nSPS) is 24.5. The molecule has 0 aliphatic heterocycles. The van der Waals surface area contributed by atoms with Crippen LogP contribution < -0.4 is 0 Å². The van der Waals surface area contributed by atoms with E-state index in [-0.39, 0.29) is 30.8 Å².